The fourth-order valence-electron chi connectivity index (χ4n) is 2.12. The average Bonchev–Trinajstić information content (AvgIpc) is 2.91. The van der Waals surface area contributed by atoms with E-state index in [1.165, 1.54) is 16.9 Å². The molecule has 2 aromatic carbocycles. The summed E-state index contributed by atoms with van der Waals surface area (Å²) in [6.45, 7) is 4.07. The van der Waals surface area contributed by atoms with E-state index in [1.807, 2.05) is 60.8 Å². The Labute approximate surface area is 135 Å². The Kier molecular flexibility index (Phi) is 5.50. The van der Waals surface area contributed by atoms with Gasteiger partial charge in [-0.1, -0.05) is 66.2 Å². The zero-order chi connectivity index (χ0) is 15.9. The minimum atomic E-state index is -0.355. The summed E-state index contributed by atoms with van der Waals surface area (Å²) in [6, 6.07) is 20.1. The molecule has 2 N–H and O–H groups in total. The largest absolute Gasteiger partial charge is 0.365 e. The molecule has 3 rings (SSSR count). The third-order valence-electron chi connectivity index (χ3n) is 3.20. The molecule has 1 amide bonds. The summed E-state index contributed by atoms with van der Waals surface area (Å²) in [5, 5.41) is 1.96. The Balaban J connectivity index is 0.000000211. The van der Waals surface area contributed by atoms with E-state index in [0.717, 1.165) is 16.7 Å². The summed E-state index contributed by atoms with van der Waals surface area (Å²) < 4.78 is 0. The van der Waals surface area contributed by atoms with Crippen LogP contribution in [0.5, 0.6) is 0 Å². The Bertz CT molecular complexity index is 733. The fourth-order valence-corrected chi connectivity index (χ4v) is 3.05. The minimum Gasteiger partial charge on any atom is -0.365 e. The standard InChI is InChI=1S/C12H11NOS.C7H8/c1-8-7-15-11(12(13)14)10(8)9-5-3-2-4-6-9;1-7-5-3-2-4-6-7/h2-7H,1H3,(H2,13,14);2-6H,1H3. The lowest BCUT2D eigenvalue weighted by Crippen LogP contribution is -2.10. The third kappa shape index (κ3) is 4.06. The summed E-state index contributed by atoms with van der Waals surface area (Å²) in [4.78, 5) is 11.9. The van der Waals surface area contributed by atoms with Crippen molar-refractivity contribution in [2.75, 3.05) is 0 Å². The lowest BCUT2D eigenvalue weighted by Gasteiger charge is -2.02. The van der Waals surface area contributed by atoms with Crippen LogP contribution in [0.1, 0.15) is 20.8 Å². The van der Waals surface area contributed by atoms with Crippen LogP contribution >= 0.6 is 11.3 Å². The van der Waals surface area contributed by atoms with Gasteiger partial charge < -0.3 is 5.73 Å². The highest BCUT2D eigenvalue weighted by Crippen LogP contribution is 2.31. The molecule has 1 aromatic heterocycles. The number of carbonyl (C=O) groups is 1. The molecule has 112 valence electrons. The number of amides is 1. The van der Waals surface area contributed by atoms with Crippen LogP contribution in [0.4, 0.5) is 0 Å². The molecule has 0 aliphatic rings. The van der Waals surface area contributed by atoms with Gasteiger partial charge in [-0.3, -0.25) is 4.79 Å². The summed E-state index contributed by atoms with van der Waals surface area (Å²) >= 11 is 1.40. The first-order valence-corrected chi connectivity index (χ1v) is 7.92. The van der Waals surface area contributed by atoms with Crippen molar-refractivity contribution in [3.05, 3.63) is 82.0 Å². The van der Waals surface area contributed by atoms with E-state index in [1.54, 1.807) is 0 Å². The second kappa shape index (κ2) is 7.57. The van der Waals surface area contributed by atoms with Crippen LogP contribution in [-0.4, -0.2) is 5.91 Å². The molecule has 0 spiro atoms. The number of primary amides is 1. The lowest BCUT2D eigenvalue weighted by atomic mass is 10.0. The SMILES string of the molecule is Cc1ccccc1.Cc1csc(C(N)=O)c1-c1ccccc1. The molecule has 2 nitrogen and oxygen atoms in total. The van der Waals surface area contributed by atoms with E-state index in [0.29, 0.717) is 4.88 Å². The molecule has 3 aromatic rings. The van der Waals surface area contributed by atoms with Gasteiger partial charge in [-0.05, 0) is 30.4 Å². The maximum Gasteiger partial charge on any atom is 0.259 e. The Morgan fingerprint density at radius 1 is 0.909 bits per heavy atom. The van der Waals surface area contributed by atoms with Crippen LogP contribution < -0.4 is 5.73 Å². The molecule has 0 unspecified atom stereocenters. The van der Waals surface area contributed by atoms with E-state index in [-0.39, 0.29) is 5.91 Å². The van der Waals surface area contributed by atoms with E-state index >= 15 is 0 Å². The van der Waals surface area contributed by atoms with Crippen molar-refractivity contribution < 1.29 is 4.79 Å². The van der Waals surface area contributed by atoms with Crippen LogP contribution in [0.2, 0.25) is 0 Å². The van der Waals surface area contributed by atoms with E-state index in [2.05, 4.69) is 19.1 Å². The van der Waals surface area contributed by atoms with E-state index in [9.17, 15) is 4.79 Å². The van der Waals surface area contributed by atoms with Gasteiger partial charge in [-0.15, -0.1) is 11.3 Å². The molecule has 0 fully saturated rings. The van der Waals surface area contributed by atoms with Gasteiger partial charge in [0.25, 0.3) is 5.91 Å². The Morgan fingerprint density at radius 2 is 1.45 bits per heavy atom. The summed E-state index contributed by atoms with van der Waals surface area (Å²) in [7, 11) is 0. The van der Waals surface area contributed by atoms with Crippen LogP contribution in [0.3, 0.4) is 0 Å². The Hall–Kier alpha value is -2.39. The van der Waals surface area contributed by atoms with Crippen molar-refractivity contribution in [2.24, 2.45) is 5.73 Å². The predicted molar refractivity (Wildman–Crippen MR) is 94.2 cm³/mol. The van der Waals surface area contributed by atoms with Gasteiger partial charge in [0.2, 0.25) is 0 Å². The monoisotopic (exact) mass is 309 g/mol. The van der Waals surface area contributed by atoms with Crippen molar-refractivity contribution in [3.8, 4) is 11.1 Å². The first-order valence-electron chi connectivity index (χ1n) is 7.04. The second-order valence-electron chi connectivity index (χ2n) is 5.01. The van der Waals surface area contributed by atoms with Gasteiger partial charge in [0.15, 0.2) is 0 Å². The number of benzene rings is 2. The quantitative estimate of drug-likeness (QED) is 0.724. The topological polar surface area (TPSA) is 43.1 Å². The first-order chi connectivity index (χ1) is 10.6. The van der Waals surface area contributed by atoms with Gasteiger partial charge in [-0.25, -0.2) is 0 Å². The summed E-state index contributed by atoms with van der Waals surface area (Å²) in [6.07, 6.45) is 0. The maximum absolute atomic E-state index is 11.2. The predicted octanol–water partition coefficient (Wildman–Crippen LogP) is 4.82. The molecule has 0 saturated carbocycles. The van der Waals surface area contributed by atoms with Crippen molar-refractivity contribution in [1.29, 1.82) is 0 Å². The highest BCUT2D eigenvalue weighted by molar-refractivity contribution is 7.12. The lowest BCUT2D eigenvalue weighted by molar-refractivity contribution is 0.100. The molecule has 0 radical (unpaired) electrons. The first kappa shape index (κ1) is 16.0. The van der Waals surface area contributed by atoms with Crippen LogP contribution in [0.15, 0.2) is 66.0 Å². The minimum absolute atomic E-state index is 0.355. The molecule has 0 bridgehead atoms. The number of nitrogens with two attached hydrogens (primary N) is 1. The van der Waals surface area contributed by atoms with Crippen molar-refractivity contribution in [2.45, 2.75) is 13.8 Å². The molecular weight excluding hydrogens is 290 g/mol. The molecule has 0 aliphatic heterocycles. The molecule has 0 aliphatic carbocycles. The highest BCUT2D eigenvalue weighted by Gasteiger charge is 2.14. The number of hydrogen-bond donors (Lipinski definition) is 1. The molecule has 1 heterocycles. The number of hydrogen-bond acceptors (Lipinski definition) is 2. The number of thiophene rings is 1. The van der Waals surface area contributed by atoms with Crippen molar-refractivity contribution >= 4 is 17.2 Å². The molecule has 0 saturated heterocycles. The van der Waals surface area contributed by atoms with Crippen LogP contribution in [0.25, 0.3) is 11.1 Å². The molecule has 22 heavy (non-hydrogen) atoms. The van der Waals surface area contributed by atoms with Gasteiger partial charge in [-0.2, -0.15) is 0 Å². The highest BCUT2D eigenvalue weighted by atomic mass is 32.1. The summed E-state index contributed by atoms with van der Waals surface area (Å²) in [5.41, 5.74) is 9.77. The average molecular weight is 309 g/mol. The van der Waals surface area contributed by atoms with Crippen molar-refractivity contribution in [3.63, 3.8) is 0 Å². The van der Waals surface area contributed by atoms with Gasteiger partial charge in [0, 0.05) is 5.56 Å². The zero-order valence-electron chi connectivity index (χ0n) is 12.7. The second-order valence-corrected chi connectivity index (χ2v) is 5.89. The maximum atomic E-state index is 11.2. The van der Waals surface area contributed by atoms with Crippen LogP contribution in [0, 0.1) is 13.8 Å². The van der Waals surface area contributed by atoms with Gasteiger partial charge in [0.1, 0.15) is 0 Å². The molecule has 3 heteroatoms. The zero-order valence-corrected chi connectivity index (χ0v) is 13.6. The summed E-state index contributed by atoms with van der Waals surface area (Å²) in [5.74, 6) is -0.355. The van der Waals surface area contributed by atoms with Gasteiger partial charge >= 0.3 is 0 Å². The molecular formula is C19H19NOS. The van der Waals surface area contributed by atoms with Crippen LogP contribution in [-0.2, 0) is 0 Å². The number of rotatable bonds is 2. The van der Waals surface area contributed by atoms with E-state index in [4.69, 9.17) is 5.73 Å². The molecule has 0 atom stereocenters. The Morgan fingerprint density at radius 3 is 1.91 bits per heavy atom. The number of aryl methyl sites for hydroxylation is 2. The third-order valence-corrected chi connectivity index (χ3v) is 4.31. The van der Waals surface area contributed by atoms with Gasteiger partial charge in [0.05, 0.1) is 4.88 Å². The number of carbonyl (C=O) groups excluding carboxylic acids is 1. The van der Waals surface area contributed by atoms with E-state index < -0.39 is 0 Å². The van der Waals surface area contributed by atoms with Crippen molar-refractivity contribution in [1.82, 2.24) is 0 Å². The fraction of sp³-hybridized carbons (Fsp3) is 0.105. The smallest absolute Gasteiger partial charge is 0.259 e. The normalized spacial score (nSPS) is 9.73.